The van der Waals surface area contributed by atoms with Crippen LogP contribution in [0.25, 0.3) is 21.8 Å². The number of nitrogens with zero attached hydrogens (tertiary/aromatic N) is 1. The van der Waals surface area contributed by atoms with Crippen LogP contribution in [0.5, 0.6) is 5.75 Å². The van der Waals surface area contributed by atoms with E-state index >= 15 is 0 Å². The molecule has 144 valence electrons. The monoisotopic (exact) mass is 389 g/mol. The zero-order chi connectivity index (χ0) is 19.7. The van der Waals surface area contributed by atoms with E-state index in [9.17, 15) is 17.6 Å². The van der Waals surface area contributed by atoms with Crippen LogP contribution >= 0.6 is 0 Å². The van der Waals surface area contributed by atoms with Gasteiger partial charge < -0.3 is 15.0 Å². The second-order valence-electron chi connectivity index (χ2n) is 6.27. The molecule has 0 radical (unpaired) electrons. The van der Waals surface area contributed by atoms with Gasteiger partial charge in [0.25, 0.3) is 0 Å². The third-order valence-electron chi connectivity index (χ3n) is 4.39. The van der Waals surface area contributed by atoms with Crippen LogP contribution in [0.1, 0.15) is 5.56 Å². The van der Waals surface area contributed by atoms with Gasteiger partial charge in [-0.3, -0.25) is 4.98 Å². The summed E-state index contributed by atoms with van der Waals surface area (Å²) in [5, 5.41) is 4.77. The van der Waals surface area contributed by atoms with E-state index in [1.807, 2.05) is 6.20 Å². The van der Waals surface area contributed by atoms with Gasteiger partial charge in [0.05, 0.1) is 5.52 Å². The molecule has 0 aliphatic rings. The van der Waals surface area contributed by atoms with E-state index in [0.29, 0.717) is 23.9 Å². The molecule has 2 aromatic heterocycles. The maximum atomic E-state index is 13.5. The number of ether oxygens (including phenoxy) is 1. The Morgan fingerprint density at radius 1 is 1.04 bits per heavy atom. The molecular formula is C20H15F4N3O. The standard InChI is InChI=1S/C20H15F4N3O/c21-13-1-4-17-16(9-13)12(11-27-17)5-7-25-18-6-8-26-19-10-14(2-3-15(18)19)28-20(22,23)24/h1-4,6,8-11,27H,5,7H2,(H,25,26). The zero-order valence-electron chi connectivity index (χ0n) is 14.5. The Morgan fingerprint density at radius 2 is 1.89 bits per heavy atom. The fourth-order valence-electron chi connectivity index (χ4n) is 3.17. The number of anilines is 1. The van der Waals surface area contributed by atoms with E-state index in [2.05, 4.69) is 20.0 Å². The van der Waals surface area contributed by atoms with Gasteiger partial charge in [-0.2, -0.15) is 0 Å². The molecule has 4 nitrogen and oxygen atoms in total. The summed E-state index contributed by atoms with van der Waals surface area (Å²) in [6.07, 6.45) is -0.745. The molecule has 0 spiro atoms. The lowest BCUT2D eigenvalue weighted by molar-refractivity contribution is -0.274. The molecule has 0 amide bonds. The smallest absolute Gasteiger partial charge is 0.406 e. The van der Waals surface area contributed by atoms with Gasteiger partial charge in [0, 0.05) is 47.0 Å². The number of aromatic nitrogens is 2. The molecule has 4 rings (SSSR count). The van der Waals surface area contributed by atoms with E-state index < -0.39 is 6.36 Å². The number of pyridine rings is 1. The third kappa shape index (κ3) is 3.85. The highest BCUT2D eigenvalue weighted by atomic mass is 19.4. The predicted molar refractivity (Wildman–Crippen MR) is 98.9 cm³/mol. The van der Waals surface area contributed by atoms with Gasteiger partial charge >= 0.3 is 6.36 Å². The van der Waals surface area contributed by atoms with Crippen LogP contribution in [0, 0.1) is 5.82 Å². The number of hydrogen-bond donors (Lipinski definition) is 2. The van der Waals surface area contributed by atoms with Crippen LogP contribution in [0.2, 0.25) is 0 Å². The fraction of sp³-hybridized carbons (Fsp3) is 0.150. The first-order chi connectivity index (χ1) is 13.4. The Hall–Kier alpha value is -3.29. The van der Waals surface area contributed by atoms with Gasteiger partial charge in [-0.25, -0.2) is 4.39 Å². The second-order valence-corrected chi connectivity index (χ2v) is 6.27. The SMILES string of the molecule is Fc1ccc2[nH]cc(CCNc3ccnc4cc(OC(F)(F)F)ccc34)c2c1. The number of nitrogens with one attached hydrogen (secondary N) is 2. The van der Waals surface area contributed by atoms with Crippen LogP contribution < -0.4 is 10.1 Å². The van der Waals surface area contributed by atoms with Gasteiger partial charge in [-0.15, -0.1) is 13.2 Å². The molecule has 0 bridgehead atoms. The molecule has 8 heteroatoms. The lowest BCUT2D eigenvalue weighted by Gasteiger charge is -2.12. The second kappa shape index (κ2) is 7.03. The number of hydrogen-bond acceptors (Lipinski definition) is 3. The highest BCUT2D eigenvalue weighted by Gasteiger charge is 2.31. The lowest BCUT2D eigenvalue weighted by atomic mass is 10.1. The highest BCUT2D eigenvalue weighted by Crippen LogP contribution is 2.29. The number of aromatic amines is 1. The molecule has 0 atom stereocenters. The zero-order valence-corrected chi connectivity index (χ0v) is 14.5. The quantitative estimate of drug-likeness (QED) is 0.449. The van der Waals surface area contributed by atoms with Crippen molar-refractivity contribution in [3.05, 3.63) is 66.2 Å². The minimum absolute atomic E-state index is 0.293. The minimum atomic E-state index is -4.75. The number of fused-ring (bicyclic) bond motifs is 2. The number of rotatable bonds is 5. The number of alkyl halides is 3. The Balaban J connectivity index is 1.50. The Kier molecular flexibility index (Phi) is 4.54. The Labute approximate surface area is 157 Å². The van der Waals surface area contributed by atoms with Crippen molar-refractivity contribution in [2.24, 2.45) is 0 Å². The van der Waals surface area contributed by atoms with E-state index in [1.165, 1.54) is 36.5 Å². The van der Waals surface area contributed by atoms with Crippen molar-refractivity contribution in [2.75, 3.05) is 11.9 Å². The molecule has 0 saturated heterocycles. The van der Waals surface area contributed by atoms with Crippen molar-refractivity contribution in [3.8, 4) is 5.75 Å². The number of halogens is 4. The molecule has 2 N–H and O–H groups in total. The van der Waals surface area contributed by atoms with Crippen molar-refractivity contribution in [2.45, 2.75) is 12.8 Å². The van der Waals surface area contributed by atoms with Crippen LogP contribution in [0.15, 0.2) is 54.9 Å². The summed E-state index contributed by atoms with van der Waals surface area (Å²) in [5.41, 5.74) is 2.97. The van der Waals surface area contributed by atoms with Crippen LogP contribution in [-0.4, -0.2) is 22.9 Å². The van der Waals surface area contributed by atoms with E-state index in [-0.39, 0.29) is 11.6 Å². The van der Waals surface area contributed by atoms with E-state index in [4.69, 9.17) is 0 Å². The molecule has 0 unspecified atom stereocenters. The summed E-state index contributed by atoms with van der Waals surface area (Å²) in [5.74, 6) is -0.608. The Morgan fingerprint density at radius 3 is 2.71 bits per heavy atom. The first-order valence-electron chi connectivity index (χ1n) is 8.53. The van der Waals surface area contributed by atoms with E-state index in [0.717, 1.165) is 22.2 Å². The topological polar surface area (TPSA) is 49.9 Å². The molecule has 0 aliphatic heterocycles. The molecule has 2 aromatic carbocycles. The summed E-state index contributed by atoms with van der Waals surface area (Å²) < 4.78 is 54.5. The molecule has 0 fully saturated rings. The van der Waals surface area contributed by atoms with E-state index in [1.54, 1.807) is 12.1 Å². The number of benzene rings is 2. The van der Waals surface area contributed by atoms with Gasteiger partial charge in [-0.05, 0) is 48.4 Å². The molecule has 0 aliphatic carbocycles. The Bertz CT molecular complexity index is 1140. The van der Waals surface area contributed by atoms with Crippen molar-refractivity contribution in [3.63, 3.8) is 0 Å². The highest BCUT2D eigenvalue weighted by molar-refractivity contribution is 5.92. The first kappa shape index (κ1) is 18.1. The van der Waals surface area contributed by atoms with Gasteiger partial charge in [-0.1, -0.05) is 0 Å². The summed E-state index contributed by atoms with van der Waals surface area (Å²) in [7, 11) is 0. The van der Waals surface area contributed by atoms with Crippen molar-refractivity contribution in [1.82, 2.24) is 9.97 Å². The lowest BCUT2D eigenvalue weighted by Crippen LogP contribution is -2.17. The third-order valence-corrected chi connectivity index (χ3v) is 4.39. The summed E-state index contributed by atoms with van der Waals surface area (Å²) in [6.45, 7) is 0.559. The van der Waals surface area contributed by atoms with Gasteiger partial charge in [0.2, 0.25) is 0 Å². The predicted octanol–water partition coefficient (Wildman–Crippen LogP) is 5.41. The van der Waals surface area contributed by atoms with Gasteiger partial charge in [0.1, 0.15) is 11.6 Å². The van der Waals surface area contributed by atoms with Gasteiger partial charge in [0.15, 0.2) is 0 Å². The fourth-order valence-corrected chi connectivity index (χ4v) is 3.17. The summed E-state index contributed by atoms with van der Waals surface area (Å²) >= 11 is 0. The normalized spacial score (nSPS) is 11.9. The van der Waals surface area contributed by atoms with Crippen molar-refractivity contribution in [1.29, 1.82) is 0 Å². The summed E-state index contributed by atoms with van der Waals surface area (Å²) in [4.78, 5) is 7.22. The van der Waals surface area contributed by atoms with Crippen molar-refractivity contribution < 1.29 is 22.3 Å². The molecule has 4 aromatic rings. The molecule has 2 heterocycles. The first-order valence-corrected chi connectivity index (χ1v) is 8.53. The maximum absolute atomic E-state index is 13.5. The van der Waals surface area contributed by atoms with Crippen LogP contribution in [-0.2, 0) is 6.42 Å². The molecule has 0 saturated carbocycles. The van der Waals surface area contributed by atoms with Crippen LogP contribution in [0.3, 0.4) is 0 Å². The summed E-state index contributed by atoms with van der Waals surface area (Å²) in [6, 6.07) is 10.4. The van der Waals surface area contributed by atoms with Crippen molar-refractivity contribution >= 4 is 27.5 Å². The van der Waals surface area contributed by atoms with Crippen LogP contribution in [0.4, 0.5) is 23.2 Å². The minimum Gasteiger partial charge on any atom is -0.406 e. The average Bonchev–Trinajstić information content (AvgIpc) is 3.02. The largest absolute Gasteiger partial charge is 0.573 e. The maximum Gasteiger partial charge on any atom is 0.573 e. The number of H-pyrrole nitrogens is 1. The molecular weight excluding hydrogens is 374 g/mol. The average molecular weight is 389 g/mol. The molecule has 28 heavy (non-hydrogen) atoms.